The Balaban J connectivity index is 2.05. The van der Waals surface area contributed by atoms with Crippen molar-refractivity contribution >= 4 is 0 Å². The number of benzene rings is 1. The molecule has 66 valence electrons. The normalized spacial score (nSPS) is 15.4. The number of hydrogen-bond donors (Lipinski definition) is 1. The van der Waals surface area contributed by atoms with Crippen molar-refractivity contribution in [3.63, 3.8) is 0 Å². The molecule has 1 aliphatic carbocycles. The first kappa shape index (κ1) is 8.11. The maximum absolute atomic E-state index is 9.09. The largest absolute Gasteiger partial charge is 0.508 e. The number of phenols is 1. The van der Waals surface area contributed by atoms with Gasteiger partial charge in [-0.2, -0.15) is 0 Å². The highest BCUT2D eigenvalue weighted by Crippen LogP contribution is 2.17. The van der Waals surface area contributed by atoms with Gasteiger partial charge in [-0.1, -0.05) is 36.4 Å². The van der Waals surface area contributed by atoms with Crippen LogP contribution in [0.1, 0.15) is 5.56 Å². The molecule has 0 saturated heterocycles. The van der Waals surface area contributed by atoms with Crippen LogP contribution in [-0.4, -0.2) is 5.11 Å². The van der Waals surface area contributed by atoms with E-state index in [0.717, 1.165) is 6.42 Å². The summed E-state index contributed by atoms with van der Waals surface area (Å²) in [6.45, 7) is 0. The van der Waals surface area contributed by atoms with Crippen molar-refractivity contribution in [2.45, 2.75) is 6.42 Å². The molecule has 1 aromatic carbocycles. The lowest BCUT2D eigenvalue weighted by molar-refractivity contribution is 0.475. The first-order valence-electron chi connectivity index (χ1n) is 4.47. The second kappa shape index (κ2) is 3.48. The third-order valence-corrected chi connectivity index (χ3v) is 2.24. The quantitative estimate of drug-likeness (QED) is 0.727. The van der Waals surface area contributed by atoms with Crippen molar-refractivity contribution in [3.05, 3.63) is 54.1 Å². The summed E-state index contributed by atoms with van der Waals surface area (Å²) in [7, 11) is 0. The second-order valence-electron chi connectivity index (χ2n) is 3.30. The molecule has 0 amide bonds. The van der Waals surface area contributed by atoms with Crippen LogP contribution in [0.25, 0.3) is 0 Å². The zero-order valence-corrected chi connectivity index (χ0v) is 7.35. The monoisotopic (exact) mass is 172 g/mol. The van der Waals surface area contributed by atoms with E-state index in [2.05, 4.69) is 24.3 Å². The minimum Gasteiger partial charge on any atom is -0.508 e. The van der Waals surface area contributed by atoms with E-state index in [4.69, 9.17) is 5.11 Å². The highest BCUT2D eigenvalue weighted by Gasteiger charge is 2.04. The summed E-state index contributed by atoms with van der Waals surface area (Å²) >= 11 is 0. The SMILES string of the molecule is Oc1ccc(CC2C=CC=C2)cc1. The molecule has 0 atom stereocenters. The Labute approximate surface area is 78.0 Å². The van der Waals surface area contributed by atoms with Gasteiger partial charge >= 0.3 is 0 Å². The van der Waals surface area contributed by atoms with Gasteiger partial charge in [0.1, 0.15) is 5.75 Å². The Bertz CT molecular complexity index is 321. The van der Waals surface area contributed by atoms with E-state index in [1.54, 1.807) is 12.1 Å². The number of aromatic hydroxyl groups is 1. The minimum atomic E-state index is 0.334. The number of hydrogen-bond acceptors (Lipinski definition) is 1. The first-order chi connectivity index (χ1) is 6.34. The van der Waals surface area contributed by atoms with Crippen molar-refractivity contribution in [2.75, 3.05) is 0 Å². The molecule has 0 saturated carbocycles. The third kappa shape index (κ3) is 2.00. The molecule has 1 aromatic rings. The van der Waals surface area contributed by atoms with Crippen molar-refractivity contribution in [3.8, 4) is 5.75 Å². The standard InChI is InChI=1S/C12H12O/c13-12-7-5-11(6-8-12)9-10-3-1-2-4-10/h1-8,10,13H,9H2. The molecule has 1 N–H and O–H groups in total. The Kier molecular flexibility index (Phi) is 2.17. The van der Waals surface area contributed by atoms with Crippen molar-refractivity contribution in [1.29, 1.82) is 0 Å². The highest BCUT2D eigenvalue weighted by atomic mass is 16.3. The summed E-state index contributed by atoms with van der Waals surface area (Å²) in [6, 6.07) is 7.40. The summed E-state index contributed by atoms with van der Waals surface area (Å²) in [5, 5.41) is 9.09. The lowest BCUT2D eigenvalue weighted by Crippen LogP contribution is -1.94. The van der Waals surface area contributed by atoms with Gasteiger partial charge in [0.2, 0.25) is 0 Å². The van der Waals surface area contributed by atoms with E-state index in [1.807, 2.05) is 12.1 Å². The van der Waals surface area contributed by atoms with Gasteiger partial charge in [-0.3, -0.25) is 0 Å². The van der Waals surface area contributed by atoms with Crippen molar-refractivity contribution in [2.24, 2.45) is 5.92 Å². The van der Waals surface area contributed by atoms with Crippen LogP contribution >= 0.6 is 0 Å². The fourth-order valence-electron chi connectivity index (χ4n) is 1.52. The van der Waals surface area contributed by atoms with Gasteiger partial charge in [0.05, 0.1) is 0 Å². The lowest BCUT2D eigenvalue weighted by atomic mass is 10.0. The summed E-state index contributed by atoms with van der Waals surface area (Å²) in [5.74, 6) is 0.866. The molecule has 1 nitrogen and oxygen atoms in total. The van der Waals surface area contributed by atoms with Gasteiger partial charge < -0.3 is 5.11 Å². The van der Waals surface area contributed by atoms with Gasteiger partial charge in [-0.15, -0.1) is 0 Å². The van der Waals surface area contributed by atoms with Crippen molar-refractivity contribution < 1.29 is 5.11 Å². The topological polar surface area (TPSA) is 20.2 Å². The van der Waals surface area contributed by atoms with Crippen LogP contribution in [0.4, 0.5) is 0 Å². The number of rotatable bonds is 2. The second-order valence-corrected chi connectivity index (χ2v) is 3.30. The molecule has 0 unspecified atom stereocenters. The molecule has 0 aromatic heterocycles. The Morgan fingerprint density at radius 3 is 2.23 bits per heavy atom. The summed E-state index contributed by atoms with van der Waals surface area (Å²) in [6.07, 6.45) is 9.54. The average molecular weight is 172 g/mol. The van der Waals surface area contributed by atoms with Crippen LogP contribution in [-0.2, 0) is 6.42 Å². The maximum Gasteiger partial charge on any atom is 0.115 e. The van der Waals surface area contributed by atoms with Crippen LogP contribution in [0.15, 0.2) is 48.6 Å². The fourth-order valence-corrected chi connectivity index (χ4v) is 1.52. The Hall–Kier alpha value is -1.50. The van der Waals surface area contributed by atoms with Crippen LogP contribution < -0.4 is 0 Å². The first-order valence-corrected chi connectivity index (χ1v) is 4.47. The van der Waals surface area contributed by atoms with Crippen molar-refractivity contribution in [1.82, 2.24) is 0 Å². The highest BCUT2D eigenvalue weighted by molar-refractivity contribution is 5.28. The number of phenolic OH excluding ortho intramolecular Hbond substituents is 1. The maximum atomic E-state index is 9.09. The predicted octanol–water partition coefficient (Wildman–Crippen LogP) is 2.68. The Morgan fingerprint density at radius 1 is 1.00 bits per heavy atom. The van der Waals surface area contributed by atoms with E-state index < -0.39 is 0 Å². The van der Waals surface area contributed by atoms with E-state index in [0.29, 0.717) is 11.7 Å². The molecule has 0 heterocycles. The van der Waals surface area contributed by atoms with E-state index >= 15 is 0 Å². The van der Waals surface area contributed by atoms with Gasteiger partial charge in [0, 0.05) is 0 Å². The minimum absolute atomic E-state index is 0.334. The molecule has 2 rings (SSSR count). The number of allylic oxidation sites excluding steroid dienone is 4. The van der Waals surface area contributed by atoms with E-state index in [-0.39, 0.29) is 0 Å². The predicted molar refractivity (Wildman–Crippen MR) is 53.6 cm³/mol. The smallest absolute Gasteiger partial charge is 0.115 e. The van der Waals surface area contributed by atoms with Crippen LogP contribution in [0, 0.1) is 5.92 Å². The Morgan fingerprint density at radius 2 is 1.62 bits per heavy atom. The molecule has 1 aliphatic rings. The molecule has 13 heavy (non-hydrogen) atoms. The van der Waals surface area contributed by atoms with Gasteiger partial charge in [0.25, 0.3) is 0 Å². The molecule has 0 bridgehead atoms. The zero-order chi connectivity index (χ0) is 9.10. The van der Waals surface area contributed by atoms with Gasteiger partial charge in [-0.05, 0) is 30.0 Å². The molecule has 0 fully saturated rings. The summed E-state index contributed by atoms with van der Waals surface area (Å²) < 4.78 is 0. The molecular weight excluding hydrogens is 160 g/mol. The molecule has 0 radical (unpaired) electrons. The molecule has 0 aliphatic heterocycles. The third-order valence-electron chi connectivity index (χ3n) is 2.24. The van der Waals surface area contributed by atoms with Gasteiger partial charge in [-0.25, -0.2) is 0 Å². The van der Waals surface area contributed by atoms with Crippen LogP contribution in [0.3, 0.4) is 0 Å². The molecular formula is C12H12O. The van der Waals surface area contributed by atoms with Crippen LogP contribution in [0.2, 0.25) is 0 Å². The molecule has 1 heteroatoms. The van der Waals surface area contributed by atoms with Gasteiger partial charge in [0.15, 0.2) is 0 Å². The average Bonchev–Trinajstić information content (AvgIpc) is 2.62. The summed E-state index contributed by atoms with van der Waals surface area (Å²) in [4.78, 5) is 0. The van der Waals surface area contributed by atoms with E-state index in [1.165, 1.54) is 5.56 Å². The zero-order valence-electron chi connectivity index (χ0n) is 7.35. The molecule has 0 spiro atoms. The summed E-state index contributed by atoms with van der Waals surface area (Å²) in [5.41, 5.74) is 1.26. The van der Waals surface area contributed by atoms with E-state index in [9.17, 15) is 0 Å². The lowest BCUT2D eigenvalue weighted by Gasteiger charge is -2.04. The fraction of sp³-hybridized carbons (Fsp3) is 0.167. The van der Waals surface area contributed by atoms with Crippen LogP contribution in [0.5, 0.6) is 5.75 Å².